The van der Waals surface area contributed by atoms with Crippen molar-refractivity contribution < 1.29 is 28.9 Å². The highest BCUT2D eigenvalue weighted by Gasteiger charge is 2.18. The van der Waals surface area contributed by atoms with Crippen LogP contribution in [-0.4, -0.2) is 36.1 Å². The molecule has 0 spiro atoms. The number of nitrogens with one attached hydrogen (secondary N) is 2. The number of hydrogen-bond acceptors (Lipinski definition) is 6. The molecule has 0 aromatic heterocycles. The van der Waals surface area contributed by atoms with Gasteiger partial charge in [0.25, 0.3) is 0 Å². The Kier molecular flexibility index (Phi) is 17.2. The fourth-order valence-electron chi connectivity index (χ4n) is 6.94. The lowest BCUT2D eigenvalue weighted by atomic mass is 9.96. The first-order valence-electron chi connectivity index (χ1n) is 21.0. The highest BCUT2D eigenvalue weighted by Crippen LogP contribution is 2.37. The zero-order valence-electron chi connectivity index (χ0n) is 34.3. The van der Waals surface area contributed by atoms with Gasteiger partial charge in [-0.3, -0.25) is 9.59 Å². The van der Waals surface area contributed by atoms with E-state index < -0.39 is 6.10 Å². The molecule has 3 N–H and O–H groups in total. The Morgan fingerprint density at radius 2 is 0.983 bits per heavy atom. The fraction of sp³-hybridized carbons (Fsp3) is 0.269. The van der Waals surface area contributed by atoms with Crippen LogP contribution in [0, 0.1) is 0 Å². The Hall–Kier alpha value is -6.38. The predicted molar refractivity (Wildman–Crippen MR) is 237 cm³/mol. The van der Waals surface area contributed by atoms with Crippen molar-refractivity contribution in [3.63, 3.8) is 0 Å². The van der Waals surface area contributed by atoms with Crippen molar-refractivity contribution in [2.24, 2.45) is 0 Å². The Labute approximate surface area is 354 Å². The average molecular weight is 805 g/mol. The number of ether oxygens (including phenoxy) is 3. The zero-order chi connectivity index (χ0) is 41.6. The van der Waals surface area contributed by atoms with Crippen LogP contribution in [0.5, 0.6) is 17.2 Å². The van der Waals surface area contributed by atoms with Gasteiger partial charge in [0.1, 0.15) is 25.6 Å². The molecule has 310 valence electrons. The lowest BCUT2D eigenvalue weighted by Crippen LogP contribution is -2.28. The Morgan fingerprint density at radius 3 is 1.57 bits per heavy atom. The summed E-state index contributed by atoms with van der Waals surface area (Å²) in [5.41, 5.74) is 7.58. The highest BCUT2D eigenvalue weighted by molar-refractivity contribution is 5.76. The number of carbonyl (C=O) groups excluding carboxylic acids is 2. The van der Waals surface area contributed by atoms with Gasteiger partial charge in [-0.2, -0.15) is 0 Å². The molecular weight excluding hydrogens is 749 g/mol. The van der Waals surface area contributed by atoms with Crippen molar-refractivity contribution in [3.8, 4) is 17.2 Å². The van der Waals surface area contributed by atoms with Crippen molar-refractivity contribution >= 4 is 11.8 Å². The molecule has 0 aliphatic rings. The van der Waals surface area contributed by atoms with Gasteiger partial charge in [0.2, 0.25) is 11.8 Å². The van der Waals surface area contributed by atoms with Crippen molar-refractivity contribution in [1.29, 1.82) is 0 Å². The first-order chi connectivity index (χ1) is 29.5. The van der Waals surface area contributed by atoms with Crippen LogP contribution < -0.4 is 24.8 Å². The molecule has 0 aliphatic heterocycles. The zero-order valence-corrected chi connectivity index (χ0v) is 34.3. The number of aryl methyl sites for hydroxylation is 1. The minimum Gasteiger partial charge on any atom is -0.489 e. The van der Waals surface area contributed by atoms with E-state index in [2.05, 4.69) is 41.0 Å². The molecule has 6 rings (SSSR count). The molecule has 0 saturated carbocycles. The quantitative estimate of drug-likeness (QED) is 0.0564. The first kappa shape index (κ1) is 43.2. The van der Waals surface area contributed by atoms with Gasteiger partial charge in [0.05, 0.1) is 6.10 Å². The molecule has 6 aromatic carbocycles. The molecule has 60 heavy (non-hydrogen) atoms. The molecule has 1 atom stereocenters. The van der Waals surface area contributed by atoms with Gasteiger partial charge in [-0.25, -0.2) is 0 Å². The molecule has 6 aromatic rings. The van der Waals surface area contributed by atoms with Gasteiger partial charge < -0.3 is 30.0 Å². The largest absolute Gasteiger partial charge is 0.489 e. The van der Waals surface area contributed by atoms with Crippen LogP contribution in [0.25, 0.3) is 0 Å². The summed E-state index contributed by atoms with van der Waals surface area (Å²) in [6.07, 6.45) is 2.97. The van der Waals surface area contributed by atoms with E-state index in [1.54, 1.807) is 0 Å². The van der Waals surface area contributed by atoms with Gasteiger partial charge in [0, 0.05) is 31.5 Å². The monoisotopic (exact) mass is 804 g/mol. The van der Waals surface area contributed by atoms with E-state index in [1.165, 1.54) is 0 Å². The first-order valence-corrected chi connectivity index (χ1v) is 21.0. The molecule has 0 bridgehead atoms. The number of carbonyl (C=O) groups is 2. The van der Waals surface area contributed by atoms with Crippen LogP contribution in [0.15, 0.2) is 158 Å². The standard InChI is InChI=1S/C52H56N2O6/c55-46(26-30-50(56)53-34-32-40-14-5-1-6-15-40)27-31-51(57)54-35-33-45-25-29-49(59-38-43-18-9-3-10-19-43)52(60-39-44-20-11-4-12-21-44)48(45)28-24-41-22-13-23-47(36-41)58-37-42-16-7-2-8-17-42/h1-23,25,29,36,46,55H,24,26-28,30-35,37-39H2,(H,53,56)(H,54,57). The molecule has 0 fully saturated rings. The molecule has 1 unspecified atom stereocenters. The summed E-state index contributed by atoms with van der Waals surface area (Å²) >= 11 is 0. The van der Waals surface area contributed by atoms with Gasteiger partial charge in [-0.05, 0) is 90.1 Å². The highest BCUT2D eigenvalue weighted by atomic mass is 16.5. The molecule has 0 radical (unpaired) electrons. The number of aliphatic hydroxyl groups is 1. The molecular formula is C52H56N2O6. The predicted octanol–water partition coefficient (Wildman–Crippen LogP) is 9.15. The Morgan fingerprint density at radius 1 is 0.483 bits per heavy atom. The second kappa shape index (κ2) is 23.9. The van der Waals surface area contributed by atoms with Crippen molar-refractivity contribution in [1.82, 2.24) is 10.6 Å². The summed E-state index contributed by atoms with van der Waals surface area (Å²) in [5.74, 6) is 1.93. The van der Waals surface area contributed by atoms with E-state index in [-0.39, 0.29) is 31.1 Å². The molecule has 8 heteroatoms. The second-order valence-corrected chi connectivity index (χ2v) is 14.9. The maximum Gasteiger partial charge on any atom is 0.220 e. The number of rotatable bonds is 24. The number of amides is 2. The lowest BCUT2D eigenvalue weighted by Gasteiger charge is -2.20. The van der Waals surface area contributed by atoms with Gasteiger partial charge in [-0.1, -0.05) is 140 Å². The topological polar surface area (TPSA) is 106 Å². The molecule has 2 amide bonds. The number of benzene rings is 6. The lowest BCUT2D eigenvalue weighted by molar-refractivity contribution is -0.121. The van der Waals surface area contributed by atoms with E-state index in [4.69, 9.17) is 14.2 Å². The molecule has 0 heterocycles. The third-order valence-electron chi connectivity index (χ3n) is 10.3. The van der Waals surface area contributed by atoms with E-state index in [0.717, 1.165) is 57.5 Å². The van der Waals surface area contributed by atoms with Crippen molar-refractivity contribution in [2.45, 2.75) is 77.3 Å². The third kappa shape index (κ3) is 14.8. The van der Waals surface area contributed by atoms with E-state index in [1.807, 2.05) is 127 Å². The summed E-state index contributed by atoms with van der Waals surface area (Å²) in [6.45, 7) is 2.21. The van der Waals surface area contributed by atoms with E-state index in [0.29, 0.717) is 63.7 Å². The van der Waals surface area contributed by atoms with Crippen LogP contribution in [-0.2, 0) is 55.1 Å². The van der Waals surface area contributed by atoms with Gasteiger partial charge >= 0.3 is 0 Å². The fourth-order valence-corrected chi connectivity index (χ4v) is 6.94. The molecule has 0 saturated heterocycles. The van der Waals surface area contributed by atoms with Crippen LogP contribution in [0.1, 0.15) is 64.6 Å². The van der Waals surface area contributed by atoms with Gasteiger partial charge in [0.15, 0.2) is 11.5 Å². The van der Waals surface area contributed by atoms with Crippen LogP contribution in [0.4, 0.5) is 0 Å². The summed E-state index contributed by atoms with van der Waals surface area (Å²) < 4.78 is 19.3. The molecule has 0 aliphatic carbocycles. The minimum atomic E-state index is -0.739. The minimum absolute atomic E-state index is 0.0991. The maximum atomic E-state index is 13.0. The van der Waals surface area contributed by atoms with Crippen LogP contribution in [0.2, 0.25) is 0 Å². The van der Waals surface area contributed by atoms with Crippen molar-refractivity contribution in [2.75, 3.05) is 13.1 Å². The summed E-state index contributed by atoms with van der Waals surface area (Å²) in [4.78, 5) is 25.3. The maximum absolute atomic E-state index is 13.0. The smallest absolute Gasteiger partial charge is 0.220 e. The third-order valence-corrected chi connectivity index (χ3v) is 10.3. The van der Waals surface area contributed by atoms with Crippen LogP contribution >= 0.6 is 0 Å². The second-order valence-electron chi connectivity index (χ2n) is 14.9. The van der Waals surface area contributed by atoms with Crippen LogP contribution in [0.3, 0.4) is 0 Å². The summed E-state index contributed by atoms with van der Waals surface area (Å²) in [5, 5.41) is 16.5. The normalized spacial score (nSPS) is 11.3. The number of hydrogen-bond donors (Lipinski definition) is 3. The van der Waals surface area contributed by atoms with Gasteiger partial charge in [-0.15, -0.1) is 0 Å². The van der Waals surface area contributed by atoms with E-state index in [9.17, 15) is 14.7 Å². The number of aliphatic hydroxyl groups excluding tert-OH is 1. The Balaban J connectivity index is 1.09. The average Bonchev–Trinajstić information content (AvgIpc) is 3.29. The summed E-state index contributed by atoms with van der Waals surface area (Å²) in [6, 6.07) is 52.5. The van der Waals surface area contributed by atoms with E-state index >= 15 is 0 Å². The SMILES string of the molecule is O=C(CCC(O)CCC(=O)NCCc1ccc(OCc2ccccc2)c(OCc2ccccc2)c1CCc1cccc(OCc2ccccc2)c1)NCCc1ccccc1. The van der Waals surface area contributed by atoms with Crippen molar-refractivity contribution in [3.05, 3.63) is 197 Å². The summed E-state index contributed by atoms with van der Waals surface area (Å²) in [7, 11) is 0. The Bertz CT molecular complexity index is 2180. The molecule has 8 nitrogen and oxygen atoms in total.